The van der Waals surface area contributed by atoms with Crippen LogP contribution in [-0.2, 0) is 6.42 Å². The number of benzene rings is 2. The molecule has 0 saturated carbocycles. The molecule has 0 fully saturated rings. The van der Waals surface area contributed by atoms with Gasteiger partial charge in [0.15, 0.2) is 6.29 Å². The van der Waals surface area contributed by atoms with Crippen LogP contribution in [0.1, 0.15) is 27.0 Å². The van der Waals surface area contributed by atoms with Gasteiger partial charge in [0.25, 0.3) is 0 Å². The lowest BCUT2D eigenvalue weighted by Crippen LogP contribution is -1.99. The number of hydrogen-bond acceptors (Lipinski definition) is 4. The van der Waals surface area contributed by atoms with Crippen molar-refractivity contribution in [3.8, 4) is 11.5 Å². The Labute approximate surface area is 124 Å². The molecule has 0 spiro atoms. The van der Waals surface area contributed by atoms with Crippen LogP contribution < -0.4 is 15.2 Å². The molecular weight excluding hydrogens is 266 g/mol. The van der Waals surface area contributed by atoms with Crippen LogP contribution in [0.15, 0.2) is 30.3 Å². The summed E-state index contributed by atoms with van der Waals surface area (Å²) in [6.45, 7) is 2.00. The van der Waals surface area contributed by atoms with Crippen molar-refractivity contribution in [1.29, 1.82) is 0 Å². The van der Waals surface area contributed by atoms with Crippen LogP contribution in [0.25, 0.3) is 0 Å². The highest BCUT2D eigenvalue weighted by atomic mass is 16.5. The first-order chi connectivity index (χ1) is 10.1. The number of ether oxygens (including phenoxy) is 2. The minimum Gasteiger partial charge on any atom is -0.496 e. The zero-order valence-electron chi connectivity index (χ0n) is 12.5. The number of methoxy groups -OCH3 is 2. The molecule has 4 heteroatoms. The van der Waals surface area contributed by atoms with Crippen molar-refractivity contribution in [3.05, 3.63) is 52.6 Å². The molecule has 0 aliphatic heterocycles. The Hall–Kier alpha value is -2.49. The smallest absolute Gasteiger partial charge is 0.153 e. The summed E-state index contributed by atoms with van der Waals surface area (Å²) in [5.41, 5.74) is 10.2. The number of hydrogen-bond donors (Lipinski definition) is 1. The van der Waals surface area contributed by atoms with Crippen molar-refractivity contribution in [1.82, 2.24) is 0 Å². The summed E-state index contributed by atoms with van der Waals surface area (Å²) in [6.07, 6.45) is 1.42. The van der Waals surface area contributed by atoms with Gasteiger partial charge < -0.3 is 15.2 Å². The highest BCUT2D eigenvalue weighted by molar-refractivity contribution is 5.80. The number of nitrogen functional groups attached to an aromatic ring is 1. The molecule has 0 atom stereocenters. The molecular formula is C17H19NO3. The van der Waals surface area contributed by atoms with Crippen LogP contribution in [0.4, 0.5) is 5.69 Å². The third-order valence-electron chi connectivity index (χ3n) is 3.31. The summed E-state index contributed by atoms with van der Waals surface area (Å²) in [4.78, 5) is 11.2. The average molecular weight is 285 g/mol. The second-order valence-corrected chi connectivity index (χ2v) is 4.95. The van der Waals surface area contributed by atoms with Gasteiger partial charge in [0.2, 0.25) is 0 Å². The molecule has 2 aromatic rings. The third kappa shape index (κ3) is 3.34. The van der Waals surface area contributed by atoms with Gasteiger partial charge >= 0.3 is 0 Å². The molecule has 0 bridgehead atoms. The van der Waals surface area contributed by atoms with Crippen LogP contribution in [0, 0.1) is 6.92 Å². The second kappa shape index (κ2) is 6.31. The molecule has 0 aliphatic rings. The SMILES string of the molecule is COc1cc(OC)c(Cc2cc(C)cc(N)c2)cc1C=O. The van der Waals surface area contributed by atoms with Crippen molar-refractivity contribution in [2.24, 2.45) is 0 Å². The van der Waals surface area contributed by atoms with Crippen LogP contribution in [0.2, 0.25) is 0 Å². The summed E-state index contributed by atoms with van der Waals surface area (Å²) in [7, 11) is 3.13. The summed E-state index contributed by atoms with van der Waals surface area (Å²) in [5.74, 6) is 1.20. The van der Waals surface area contributed by atoms with Crippen molar-refractivity contribution < 1.29 is 14.3 Å². The van der Waals surface area contributed by atoms with Crippen LogP contribution in [0.3, 0.4) is 0 Å². The highest BCUT2D eigenvalue weighted by Gasteiger charge is 2.11. The van der Waals surface area contributed by atoms with Gasteiger partial charge in [-0.3, -0.25) is 4.79 Å². The van der Waals surface area contributed by atoms with Crippen molar-refractivity contribution in [2.75, 3.05) is 20.0 Å². The number of aryl methyl sites for hydroxylation is 1. The second-order valence-electron chi connectivity index (χ2n) is 4.95. The molecule has 2 aromatic carbocycles. The molecule has 0 unspecified atom stereocenters. The summed E-state index contributed by atoms with van der Waals surface area (Å²) < 4.78 is 10.6. The zero-order valence-corrected chi connectivity index (χ0v) is 12.5. The van der Waals surface area contributed by atoms with E-state index in [-0.39, 0.29) is 0 Å². The van der Waals surface area contributed by atoms with Crippen LogP contribution >= 0.6 is 0 Å². The predicted molar refractivity (Wildman–Crippen MR) is 83.3 cm³/mol. The fourth-order valence-corrected chi connectivity index (χ4v) is 2.44. The molecule has 2 N–H and O–H groups in total. The van der Waals surface area contributed by atoms with Gasteiger partial charge in [-0.1, -0.05) is 6.07 Å². The maximum Gasteiger partial charge on any atom is 0.153 e. The van der Waals surface area contributed by atoms with Gasteiger partial charge in [-0.2, -0.15) is 0 Å². The van der Waals surface area contributed by atoms with E-state index in [0.29, 0.717) is 23.5 Å². The Morgan fingerprint density at radius 2 is 1.76 bits per heavy atom. The normalized spacial score (nSPS) is 10.2. The minimum atomic E-state index is 0.508. The lowest BCUT2D eigenvalue weighted by molar-refractivity contribution is 0.112. The number of anilines is 1. The molecule has 110 valence electrons. The maximum absolute atomic E-state index is 11.2. The largest absolute Gasteiger partial charge is 0.496 e. The van der Waals surface area contributed by atoms with E-state index >= 15 is 0 Å². The molecule has 0 saturated heterocycles. The van der Waals surface area contributed by atoms with E-state index in [1.54, 1.807) is 19.2 Å². The third-order valence-corrected chi connectivity index (χ3v) is 3.31. The van der Waals surface area contributed by atoms with E-state index in [1.165, 1.54) is 7.11 Å². The highest BCUT2D eigenvalue weighted by Crippen LogP contribution is 2.30. The summed E-state index contributed by atoms with van der Waals surface area (Å²) in [5, 5.41) is 0. The Morgan fingerprint density at radius 1 is 1.05 bits per heavy atom. The van der Waals surface area contributed by atoms with Crippen LogP contribution in [-0.4, -0.2) is 20.5 Å². The Balaban J connectivity index is 2.44. The molecule has 0 heterocycles. The molecule has 21 heavy (non-hydrogen) atoms. The van der Waals surface area contributed by atoms with Gasteiger partial charge in [0.05, 0.1) is 19.8 Å². The molecule has 0 aliphatic carbocycles. The fourth-order valence-electron chi connectivity index (χ4n) is 2.44. The topological polar surface area (TPSA) is 61.6 Å². The quantitative estimate of drug-likeness (QED) is 0.677. The first-order valence-corrected chi connectivity index (χ1v) is 6.63. The zero-order chi connectivity index (χ0) is 15.4. The first-order valence-electron chi connectivity index (χ1n) is 6.63. The number of carbonyl (C=O) groups is 1. The van der Waals surface area contributed by atoms with Gasteiger partial charge in [-0.15, -0.1) is 0 Å². The van der Waals surface area contributed by atoms with Gasteiger partial charge in [-0.25, -0.2) is 0 Å². The minimum absolute atomic E-state index is 0.508. The van der Waals surface area contributed by atoms with Gasteiger partial charge in [-0.05, 0) is 41.8 Å². The standard InChI is InChI=1S/C17H19NO3/c1-11-4-12(7-15(18)5-11)6-13-8-14(10-19)17(21-3)9-16(13)20-2/h4-5,7-10H,6,18H2,1-3H3. The van der Waals surface area contributed by atoms with E-state index in [0.717, 1.165) is 28.7 Å². The van der Waals surface area contributed by atoms with E-state index in [9.17, 15) is 4.79 Å². The molecule has 0 radical (unpaired) electrons. The average Bonchev–Trinajstić information content (AvgIpc) is 2.45. The molecule has 2 rings (SSSR count). The summed E-state index contributed by atoms with van der Waals surface area (Å²) >= 11 is 0. The van der Waals surface area contributed by atoms with E-state index in [1.807, 2.05) is 19.1 Å². The van der Waals surface area contributed by atoms with Crippen LogP contribution in [0.5, 0.6) is 11.5 Å². The van der Waals surface area contributed by atoms with Crippen molar-refractivity contribution >= 4 is 12.0 Å². The number of carbonyl (C=O) groups excluding carboxylic acids is 1. The van der Waals surface area contributed by atoms with Gasteiger partial charge in [0, 0.05) is 18.2 Å². The number of aldehydes is 1. The Bertz CT molecular complexity index is 645. The number of nitrogens with two attached hydrogens (primary N) is 1. The van der Waals surface area contributed by atoms with Crippen molar-refractivity contribution in [3.63, 3.8) is 0 Å². The molecule has 0 amide bonds. The van der Waals surface area contributed by atoms with Crippen molar-refractivity contribution in [2.45, 2.75) is 13.3 Å². The predicted octanol–water partition coefficient (Wildman–Crippen LogP) is 3.00. The molecule has 4 nitrogen and oxygen atoms in total. The Kier molecular flexibility index (Phi) is 4.48. The van der Waals surface area contributed by atoms with E-state index < -0.39 is 0 Å². The van der Waals surface area contributed by atoms with E-state index in [4.69, 9.17) is 15.2 Å². The fraction of sp³-hybridized carbons (Fsp3) is 0.235. The number of rotatable bonds is 5. The van der Waals surface area contributed by atoms with Gasteiger partial charge in [0.1, 0.15) is 11.5 Å². The maximum atomic E-state index is 11.2. The monoisotopic (exact) mass is 285 g/mol. The first kappa shape index (κ1) is 14.9. The van der Waals surface area contributed by atoms with E-state index in [2.05, 4.69) is 6.07 Å². The lowest BCUT2D eigenvalue weighted by atomic mass is 9.99. The summed E-state index contributed by atoms with van der Waals surface area (Å²) in [6, 6.07) is 9.45. The molecule has 0 aromatic heterocycles. The lowest BCUT2D eigenvalue weighted by Gasteiger charge is -2.13. The Morgan fingerprint density at radius 3 is 2.33 bits per heavy atom.